The number of aliphatic imine (C=N–C) groups is 1. The van der Waals surface area contributed by atoms with Gasteiger partial charge in [-0.3, -0.25) is 4.99 Å². The summed E-state index contributed by atoms with van der Waals surface area (Å²) in [7, 11) is 3.80. The van der Waals surface area contributed by atoms with Crippen LogP contribution in [0.25, 0.3) is 0 Å². The van der Waals surface area contributed by atoms with Gasteiger partial charge in [-0.2, -0.15) is 0 Å². The summed E-state index contributed by atoms with van der Waals surface area (Å²) in [6.45, 7) is 3.07. The zero-order valence-electron chi connectivity index (χ0n) is 12.3. The highest BCUT2D eigenvalue weighted by molar-refractivity contribution is 5.93. The van der Waals surface area contributed by atoms with Crippen LogP contribution in [0.3, 0.4) is 0 Å². The molecule has 0 spiro atoms. The molecule has 1 aromatic carbocycles. The van der Waals surface area contributed by atoms with E-state index < -0.39 is 0 Å². The summed E-state index contributed by atoms with van der Waals surface area (Å²) in [5.74, 6) is 1.82. The Morgan fingerprint density at radius 1 is 1.50 bits per heavy atom. The van der Waals surface area contributed by atoms with Crippen molar-refractivity contribution < 1.29 is 4.74 Å². The van der Waals surface area contributed by atoms with Crippen molar-refractivity contribution >= 4 is 11.6 Å². The molecule has 20 heavy (non-hydrogen) atoms. The molecule has 1 aliphatic heterocycles. The van der Waals surface area contributed by atoms with E-state index in [0.29, 0.717) is 11.9 Å². The molecule has 0 bridgehead atoms. The second kappa shape index (κ2) is 7.14. The zero-order chi connectivity index (χ0) is 14.4. The van der Waals surface area contributed by atoms with Gasteiger partial charge in [0.25, 0.3) is 0 Å². The first-order valence-electron chi connectivity index (χ1n) is 7.07. The number of likely N-dealkylation sites (tertiary alicyclic amines) is 1. The molecule has 2 rings (SSSR count). The number of para-hydroxylation sites is 2. The maximum Gasteiger partial charge on any atom is 0.193 e. The minimum atomic E-state index is 0.447. The average Bonchev–Trinajstić information content (AvgIpc) is 2.46. The number of piperidine rings is 1. The van der Waals surface area contributed by atoms with Gasteiger partial charge in [-0.05, 0) is 44.5 Å². The minimum Gasteiger partial charge on any atom is -0.495 e. The van der Waals surface area contributed by atoms with Gasteiger partial charge in [-0.25, -0.2) is 0 Å². The van der Waals surface area contributed by atoms with E-state index in [2.05, 4.69) is 22.3 Å². The monoisotopic (exact) mass is 276 g/mol. The van der Waals surface area contributed by atoms with E-state index >= 15 is 0 Å². The average molecular weight is 276 g/mol. The van der Waals surface area contributed by atoms with Gasteiger partial charge in [0.2, 0.25) is 0 Å². The van der Waals surface area contributed by atoms with Crippen LogP contribution in [0.2, 0.25) is 0 Å². The maximum absolute atomic E-state index is 5.95. The fourth-order valence-corrected chi connectivity index (χ4v) is 2.58. The Hall–Kier alpha value is -1.75. The number of rotatable bonds is 4. The van der Waals surface area contributed by atoms with Gasteiger partial charge in [0.05, 0.1) is 12.8 Å². The summed E-state index contributed by atoms with van der Waals surface area (Å²) < 4.78 is 5.28. The summed E-state index contributed by atoms with van der Waals surface area (Å²) >= 11 is 0. The third-order valence-electron chi connectivity index (χ3n) is 3.61. The fourth-order valence-electron chi connectivity index (χ4n) is 2.58. The van der Waals surface area contributed by atoms with Gasteiger partial charge in [-0.1, -0.05) is 12.1 Å². The molecule has 1 fully saturated rings. The first-order chi connectivity index (χ1) is 9.69. The highest BCUT2D eigenvalue weighted by atomic mass is 16.5. The van der Waals surface area contributed by atoms with Gasteiger partial charge in [0, 0.05) is 13.1 Å². The van der Waals surface area contributed by atoms with Gasteiger partial charge in [0.1, 0.15) is 5.75 Å². The number of benzene rings is 1. The largest absolute Gasteiger partial charge is 0.495 e. The molecule has 1 saturated heterocycles. The molecule has 0 radical (unpaired) electrons. The van der Waals surface area contributed by atoms with E-state index in [0.717, 1.165) is 24.5 Å². The number of methoxy groups -OCH3 is 1. The SMILES string of the molecule is COc1ccccc1NC(N)=NCC1CCCN(C)C1. The van der Waals surface area contributed by atoms with Crippen LogP contribution in [-0.4, -0.2) is 44.7 Å². The molecule has 110 valence electrons. The standard InChI is InChI=1S/C15H24N4O/c1-19-9-5-6-12(11-19)10-17-15(16)18-13-7-3-4-8-14(13)20-2/h3-4,7-8,12H,5-6,9-11H2,1-2H3,(H3,16,17,18). The van der Waals surface area contributed by atoms with Crippen molar-refractivity contribution in [1.29, 1.82) is 0 Å². The molecule has 1 aromatic rings. The normalized spacial score (nSPS) is 20.7. The van der Waals surface area contributed by atoms with Crippen molar-refractivity contribution in [3.63, 3.8) is 0 Å². The molecule has 0 aromatic heterocycles. The summed E-state index contributed by atoms with van der Waals surface area (Å²) in [6, 6.07) is 7.69. The number of hydrogen-bond acceptors (Lipinski definition) is 3. The lowest BCUT2D eigenvalue weighted by Gasteiger charge is -2.28. The van der Waals surface area contributed by atoms with E-state index in [-0.39, 0.29) is 0 Å². The molecule has 1 atom stereocenters. The summed E-state index contributed by atoms with van der Waals surface area (Å²) in [4.78, 5) is 6.81. The van der Waals surface area contributed by atoms with Crippen molar-refractivity contribution in [3.05, 3.63) is 24.3 Å². The molecule has 0 amide bonds. The number of hydrogen-bond donors (Lipinski definition) is 2. The Morgan fingerprint density at radius 2 is 2.30 bits per heavy atom. The quantitative estimate of drug-likeness (QED) is 0.650. The van der Waals surface area contributed by atoms with Gasteiger partial charge in [0.15, 0.2) is 5.96 Å². The van der Waals surface area contributed by atoms with E-state index in [1.807, 2.05) is 24.3 Å². The maximum atomic E-state index is 5.95. The number of ether oxygens (including phenoxy) is 1. The van der Waals surface area contributed by atoms with Crippen molar-refractivity contribution in [1.82, 2.24) is 4.90 Å². The zero-order valence-corrected chi connectivity index (χ0v) is 12.3. The molecular weight excluding hydrogens is 252 g/mol. The Kier molecular flexibility index (Phi) is 5.24. The van der Waals surface area contributed by atoms with Crippen molar-refractivity contribution in [2.75, 3.05) is 39.1 Å². The molecule has 3 N–H and O–H groups in total. The molecule has 1 aliphatic rings. The van der Waals surface area contributed by atoms with Crippen molar-refractivity contribution in [2.24, 2.45) is 16.6 Å². The smallest absolute Gasteiger partial charge is 0.193 e. The molecule has 0 saturated carbocycles. The topological polar surface area (TPSA) is 62.9 Å². The fraction of sp³-hybridized carbons (Fsp3) is 0.533. The molecule has 1 heterocycles. The van der Waals surface area contributed by atoms with E-state index in [1.165, 1.54) is 19.4 Å². The molecule has 1 unspecified atom stereocenters. The lowest BCUT2D eigenvalue weighted by Crippen LogP contribution is -2.34. The molecule has 5 heteroatoms. The first kappa shape index (κ1) is 14.7. The lowest BCUT2D eigenvalue weighted by atomic mass is 9.99. The minimum absolute atomic E-state index is 0.447. The number of guanidine groups is 1. The molecular formula is C15H24N4O. The second-order valence-corrected chi connectivity index (χ2v) is 5.32. The number of nitrogens with two attached hydrogens (primary N) is 1. The molecule has 0 aliphatic carbocycles. The van der Waals surface area contributed by atoms with E-state index in [1.54, 1.807) is 7.11 Å². The highest BCUT2D eigenvalue weighted by Crippen LogP contribution is 2.22. The van der Waals surface area contributed by atoms with Crippen LogP contribution >= 0.6 is 0 Å². The Bertz CT molecular complexity index is 461. The van der Waals surface area contributed by atoms with Crippen molar-refractivity contribution in [2.45, 2.75) is 12.8 Å². The van der Waals surface area contributed by atoms with Crippen LogP contribution in [0, 0.1) is 5.92 Å². The number of nitrogens with one attached hydrogen (secondary N) is 1. The number of anilines is 1. The van der Waals surface area contributed by atoms with Crippen LogP contribution in [-0.2, 0) is 0 Å². The predicted molar refractivity (Wildman–Crippen MR) is 83.3 cm³/mol. The summed E-state index contributed by atoms with van der Waals surface area (Å²) in [5.41, 5.74) is 6.80. The predicted octanol–water partition coefficient (Wildman–Crippen LogP) is 1.76. The third-order valence-corrected chi connectivity index (χ3v) is 3.61. The Labute approximate surface area is 120 Å². The van der Waals surface area contributed by atoms with Crippen LogP contribution in [0.4, 0.5) is 5.69 Å². The Balaban J connectivity index is 1.90. The van der Waals surface area contributed by atoms with Gasteiger partial charge < -0.3 is 20.7 Å². The van der Waals surface area contributed by atoms with E-state index in [9.17, 15) is 0 Å². The summed E-state index contributed by atoms with van der Waals surface area (Å²) in [6.07, 6.45) is 2.48. The highest BCUT2D eigenvalue weighted by Gasteiger charge is 2.16. The third kappa shape index (κ3) is 4.13. The van der Waals surface area contributed by atoms with Gasteiger partial charge >= 0.3 is 0 Å². The molecule has 5 nitrogen and oxygen atoms in total. The van der Waals surface area contributed by atoms with Crippen LogP contribution in [0.5, 0.6) is 5.75 Å². The second-order valence-electron chi connectivity index (χ2n) is 5.32. The number of nitrogens with zero attached hydrogens (tertiary/aromatic N) is 2. The lowest BCUT2D eigenvalue weighted by molar-refractivity contribution is 0.214. The van der Waals surface area contributed by atoms with Crippen LogP contribution in [0.15, 0.2) is 29.3 Å². The summed E-state index contributed by atoms with van der Waals surface area (Å²) in [5, 5.41) is 3.10. The van der Waals surface area contributed by atoms with Crippen LogP contribution in [0.1, 0.15) is 12.8 Å². The van der Waals surface area contributed by atoms with Crippen molar-refractivity contribution in [3.8, 4) is 5.75 Å². The van der Waals surface area contributed by atoms with Crippen LogP contribution < -0.4 is 15.8 Å². The van der Waals surface area contributed by atoms with Gasteiger partial charge in [-0.15, -0.1) is 0 Å². The van der Waals surface area contributed by atoms with E-state index in [4.69, 9.17) is 10.5 Å². The first-order valence-corrected chi connectivity index (χ1v) is 7.07. The Morgan fingerprint density at radius 3 is 3.05 bits per heavy atom.